The Labute approximate surface area is 65.7 Å². The smallest absolute Gasteiger partial charge is 0.305 e. The molecule has 1 aliphatic heterocycles. The van der Waals surface area contributed by atoms with E-state index in [4.69, 9.17) is 4.74 Å². The molecule has 0 aromatic carbocycles. The van der Waals surface area contributed by atoms with Gasteiger partial charge in [0, 0.05) is 12.8 Å². The molecule has 0 spiro atoms. The topological polar surface area (TPSA) is 43.4 Å². The molecule has 0 bridgehead atoms. The summed E-state index contributed by atoms with van der Waals surface area (Å²) in [5.41, 5.74) is 0. The van der Waals surface area contributed by atoms with Crippen molar-refractivity contribution in [2.75, 3.05) is 6.61 Å². The fourth-order valence-corrected chi connectivity index (χ4v) is 1.18. The average molecular weight is 156 g/mol. The van der Waals surface area contributed by atoms with Crippen LogP contribution in [0, 0.1) is 5.92 Å². The number of esters is 1. The Morgan fingerprint density at radius 3 is 2.91 bits per heavy atom. The first-order valence-electron chi connectivity index (χ1n) is 3.92. The Morgan fingerprint density at radius 2 is 2.45 bits per heavy atom. The van der Waals surface area contributed by atoms with Gasteiger partial charge in [-0.2, -0.15) is 0 Å². The molecule has 3 nitrogen and oxygen atoms in total. The van der Waals surface area contributed by atoms with Gasteiger partial charge in [-0.05, 0) is 6.42 Å². The molecule has 0 saturated carbocycles. The fraction of sp³-hybridized carbons (Fsp3) is 0.750. The van der Waals surface area contributed by atoms with Gasteiger partial charge in [0.2, 0.25) is 0 Å². The molecule has 62 valence electrons. The number of rotatable bonds is 2. The molecule has 3 heteroatoms. The van der Waals surface area contributed by atoms with Crippen LogP contribution in [0.2, 0.25) is 0 Å². The number of ketones is 1. The minimum absolute atomic E-state index is 0.0299. The first-order valence-corrected chi connectivity index (χ1v) is 3.92. The molecule has 1 fully saturated rings. The molecule has 0 N–H and O–H groups in total. The van der Waals surface area contributed by atoms with Crippen molar-refractivity contribution in [1.82, 2.24) is 0 Å². The molecular weight excluding hydrogens is 144 g/mol. The van der Waals surface area contributed by atoms with E-state index in [9.17, 15) is 9.59 Å². The molecule has 1 rings (SSSR count). The zero-order chi connectivity index (χ0) is 8.27. The van der Waals surface area contributed by atoms with Crippen LogP contribution in [-0.2, 0) is 14.3 Å². The third-order valence-corrected chi connectivity index (χ3v) is 1.95. The molecule has 0 aliphatic carbocycles. The van der Waals surface area contributed by atoms with Gasteiger partial charge in [-0.25, -0.2) is 0 Å². The first kappa shape index (κ1) is 8.24. The monoisotopic (exact) mass is 156 g/mol. The van der Waals surface area contributed by atoms with Gasteiger partial charge in [-0.3, -0.25) is 9.59 Å². The summed E-state index contributed by atoms with van der Waals surface area (Å²) in [5.74, 6) is 0.000327. The second kappa shape index (κ2) is 3.51. The summed E-state index contributed by atoms with van der Waals surface area (Å²) < 4.78 is 4.75. The van der Waals surface area contributed by atoms with Crippen molar-refractivity contribution < 1.29 is 14.3 Å². The summed E-state index contributed by atoms with van der Waals surface area (Å²) in [4.78, 5) is 21.7. The number of carbonyl (C=O) groups is 2. The number of carbonyl (C=O) groups excluding carboxylic acids is 2. The van der Waals surface area contributed by atoms with Crippen LogP contribution in [0.4, 0.5) is 0 Å². The van der Waals surface area contributed by atoms with E-state index in [1.54, 1.807) is 0 Å². The number of ether oxygens (including phenoxy) is 1. The molecule has 1 saturated heterocycles. The molecule has 11 heavy (non-hydrogen) atoms. The van der Waals surface area contributed by atoms with E-state index in [-0.39, 0.29) is 17.7 Å². The predicted molar refractivity (Wildman–Crippen MR) is 39.0 cm³/mol. The molecule has 0 amide bonds. The Balaban J connectivity index is 2.39. The lowest BCUT2D eigenvalue weighted by molar-refractivity contribution is -0.151. The first-order chi connectivity index (χ1) is 5.24. The standard InChI is InChI=1S/C8H12O3/c1-2-7(9)6-3-4-8(10)11-5-6/h6H,2-5H2,1H3. The van der Waals surface area contributed by atoms with E-state index < -0.39 is 0 Å². The zero-order valence-electron chi connectivity index (χ0n) is 6.63. The Kier molecular flexibility index (Phi) is 2.63. The summed E-state index contributed by atoms with van der Waals surface area (Å²) in [6.45, 7) is 2.13. The third kappa shape index (κ3) is 2.03. The van der Waals surface area contributed by atoms with Crippen LogP contribution < -0.4 is 0 Å². The Morgan fingerprint density at radius 1 is 1.73 bits per heavy atom. The lowest BCUT2D eigenvalue weighted by Gasteiger charge is -2.19. The molecule has 0 aromatic rings. The molecular formula is C8H12O3. The lowest BCUT2D eigenvalue weighted by atomic mass is 9.96. The van der Waals surface area contributed by atoms with Gasteiger partial charge >= 0.3 is 5.97 Å². The maximum Gasteiger partial charge on any atom is 0.305 e. The van der Waals surface area contributed by atoms with Crippen molar-refractivity contribution in [2.45, 2.75) is 26.2 Å². The van der Waals surface area contributed by atoms with Gasteiger partial charge < -0.3 is 4.74 Å². The second-order valence-corrected chi connectivity index (χ2v) is 2.74. The van der Waals surface area contributed by atoms with Crippen molar-refractivity contribution in [3.8, 4) is 0 Å². The van der Waals surface area contributed by atoms with Gasteiger partial charge in [0.15, 0.2) is 0 Å². The van der Waals surface area contributed by atoms with E-state index in [2.05, 4.69) is 0 Å². The third-order valence-electron chi connectivity index (χ3n) is 1.95. The van der Waals surface area contributed by atoms with Crippen molar-refractivity contribution in [2.24, 2.45) is 5.92 Å². The number of cyclic esters (lactones) is 1. The van der Waals surface area contributed by atoms with E-state index in [1.807, 2.05) is 6.92 Å². The number of Topliss-reactive ketones (excluding diaryl/α,β-unsaturated/α-hetero) is 1. The average Bonchev–Trinajstić information content (AvgIpc) is 2.05. The highest BCUT2D eigenvalue weighted by Gasteiger charge is 2.24. The second-order valence-electron chi connectivity index (χ2n) is 2.74. The van der Waals surface area contributed by atoms with Crippen LogP contribution in [0.3, 0.4) is 0 Å². The van der Waals surface area contributed by atoms with Crippen LogP contribution in [0.15, 0.2) is 0 Å². The van der Waals surface area contributed by atoms with E-state index in [0.29, 0.717) is 25.9 Å². The normalized spacial score (nSPS) is 24.5. The highest BCUT2D eigenvalue weighted by atomic mass is 16.5. The molecule has 1 heterocycles. The van der Waals surface area contributed by atoms with Crippen molar-refractivity contribution in [1.29, 1.82) is 0 Å². The summed E-state index contributed by atoms with van der Waals surface area (Å²) in [6.07, 6.45) is 1.62. The largest absolute Gasteiger partial charge is 0.465 e. The van der Waals surface area contributed by atoms with Gasteiger partial charge in [0.25, 0.3) is 0 Å². The predicted octanol–water partition coefficient (Wildman–Crippen LogP) is 0.919. The lowest BCUT2D eigenvalue weighted by Crippen LogP contribution is -2.27. The van der Waals surface area contributed by atoms with Gasteiger partial charge in [0.05, 0.1) is 5.92 Å². The SMILES string of the molecule is CCC(=O)C1CCC(=O)OC1. The van der Waals surface area contributed by atoms with E-state index in [1.165, 1.54) is 0 Å². The Bertz CT molecular complexity index is 164. The molecule has 1 unspecified atom stereocenters. The van der Waals surface area contributed by atoms with E-state index in [0.717, 1.165) is 0 Å². The number of hydrogen-bond donors (Lipinski definition) is 0. The highest BCUT2D eigenvalue weighted by Crippen LogP contribution is 2.16. The van der Waals surface area contributed by atoms with E-state index >= 15 is 0 Å². The number of hydrogen-bond acceptors (Lipinski definition) is 3. The summed E-state index contributed by atoms with van der Waals surface area (Å²) >= 11 is 0. The molecule has 0 aromatic heterocycles. The van der Waals surface area contributed by atoms with Crippen LogP contribution in [0.25, 0.3) is 0 Å². The molecule has 1 aliphatic rings. The van der Waals surface area contributed by atoms with Gasteiger partial charge in [-0.1, -0.05) is 6.92 Å². The van der Waals surface area contributed by atoms with Gasteiger partial charge in [0.1, 0.15) is 12.4 Å². The van der Waals surface area contributed by atoms with Crippen molar-refractivity contribution in [3.05, 3.63) is 0 Å². The van der Waals surface area contributed by atoms with Crippen LogP contribution in [0.5, 0.6) is 0 Å². The zero-order valence-corrected chi connectivity index (χ0v) is 6.63. The minimum atomic E-state index is -0.176. The minimum Gasteiger partial charge on any atom is -0.465 e. The van der Waals surface area contributed by atoms with Crippen LogP contribution in [-0.4, -0.2) is 18.4 Å². The van der Waals surface area contributed by atoms with Crippen LogP contribution in [0.1, 0.15) is 26.2 Å². The summed E-state index contributed by atoms with van der Waals surface area (Å²) in [5, 5.41) is 0. The maximum absolute atomic E-state index is 11.1. The van der Waals surface area contributed by atoms with Crippen molar-refractivity contribution in [3.63, 3.8) is 0 Å². The molecule has 1 atom stereocenters. The van der Waals surface area contributed by atoms with Crippen molar-refractivity contribution >= 4 is 11.8 Å². The maximum atomic E-state index is 11.1. The summed E-state index contributed by atoms with van der Waals surface area (Å²) in [6, 6.07) is 0. The summed E-state index contributed by atoms with van der Waals surface area (Å²) in [7, 11) is 0. The molecule has 0 radical (unpaired) electrons. The van der Waals surface area contributed by atoms with Crippen LogP contribution >= 0.6 is 0 Å². The Hall–Kier alpha value is -0.860. The fourth-order valence-electron chi connectivity index (χ4n) is 1.18. The quantitative estimate of drug-likeness (QED) is 0.558. The van der Waals surface area contributed by atoms with Gasteiger partial charge in [-0.15, -0.1) is 0 Å². The highest BCUT2D eigenvalue weighted by molar-refractivity contribution is 5.82.